The summed E-state index contributed by atoms with van der Waals surface area (Å²) < 4.78 is 5.29. The average Bonchev–Trinajstić information content (AvgIpc) is 2.47. The van der Waals surface area contributed by atoms with Crippen LogP contribution in [0.25, 0.3) is 0 Å². The summed E-state index contributed by atoms with van der Waals surface area (Å²) in [7, 11) is 1.68. The van der Waals surface area contributed by atoms with Crippen molar-refractivity contribution in [3.05, 3.63) is 53.6 Å². The molecule has 1 aliphatic rings. The van der Waals surface area contributed by atoms with Crippen LogP contribution in [-0.2, 0) is 13.0 Å². The van der Waals surface area contributed by atoms with Crippen molar-refractivity contribution >= 4 is 11.4 Å². The van der Waals surface area contributed by atoms with Crippen LogP contribution in [-0.4, -0.2) is 13.7 Å². The standard InChI is InChI=1S/C16H18N2O/c1-19-14-6-7-15(17)16(10-14)18-9-8-12-4-2-3-5-13(12)11-18/h2-7,10H,8-9,11,17H2,1H3. The van der Waals surface area contributed by atoms with E-state index in [9.17, 15) is 0 Å². The van der Waals surface area contributed by atoms with E-state index < -0.39 is 0 Å². The molecule has 0 radical (unpaired) electrons. The Morgan fingerprint density at radius 2 is 1.89 bits per heavy atom. The van der Waals surface area contributed by atoms with E-state index in [4.69, 9.17) is 10.5 Å². The molecule has 1 aliphatic heterocycles. The van der Waals surface area contributed by atoms with Gasteiger partial charge < -0.3 is 15.4 Å². The fraction of sp³-hybridized carbons (Fsp3) is 0.250. The Kier molecular flexibility index (Phi) is 3.03. The Balaban J connectivity index is 1.92. The maximum Gasteiger partial charge on any atom is 0.121 e. The topological polar surface area (TPSA) is 38.5 Å². The summed E-state index contributed by atoms with van der Waals surface area (Å²) in [5, 5.41) is 0. The van der Waals surface area contributed by atoms with Crippen LogP contribution in [0.1, 0.15) is 11.1 Å². The molecule has 3 nitrogen and oxygen atoms in total. The van der Waals surface area contributed by atoms with Crippen LogP contribution < -0.4 is 15.4 Å². The Morgan fingerprint density at radius 1 is 1.11 bits per heavy atom. The molecular weight excluding hydrogens is 236 g/mol. The molecule has 0 atom stereocenters. The van der Waals surface area contributed by atoms with E-state index in [0.29, 0.717) is 0 Å². The molecule has 1 heterocycles. The molecule has 3 rings (SSSR count). The van der Waals surface area contributed by atoms with Gasteiger partial charge in [-0.25, -0.2) is 0 Å². The van der Waals surface area contributed by atoms with Gasteiger partial charge in [-0.2, -0.15) is 0 Å². The summed E-state index contributed by atoms with van der Waals surface area (Å²) in [5.74, 6) is 0.850. The smallest absolute Gasteiger partial charge is 0.121 e. The second kappa shape index (κ2) is 4.84. The zero-order valence-corrected chi connectivity index (χ0v) is 11.1. The van der Waals surface area contributed by atoms with Crippen molar-refractivity contribution in [2.45, 2.75) is 13.0 Å². The third-order valence-electron chi connectivity index (χ3n) is 3.71. The number of hydrogen-bond donors (Lipinski definition) is 1. The van der Waals surface area contributed by atoms with Crippen molar-refractivity contribution in [1.29, 1.82) is 0 Å². The van der Waals surface area contributed by atoms with Gasteiger partial charge in [0.25, 0.3) is 0 Å². The third-order valence-corrected chi connectivity index (χ3v) is 3.71. The molecule has 0 saturated heterocycles. The third kappa shape index (κ3) is 2.24. The monoisotopic (exact) mass is 254 g/mol. The largest absolute Gasteiger partial charge is 0.497 e. The lowest BCUT2D eigenvalue weighted by Gasteiger charge is -2.31. The van der Waals surface area contributed by atoms with Gasteiger partial charge in [-0.15, -0.1) is 0 Å². The first-order chi connectivity index (χ1) is 9.28. The van der Waals surface area contributed by atoms with Crippen molar-refractivity contribution in [3.8, 4) is 5.75 Å². The highest BCUT2D eigenvalue weighted by molar-refractivity contribution is 5.70. The van der Waals surface area contributed by atoms with E-state index in [2.05, 4.69) is 29.2 Å². The number of nitrogens with two attached hydrogens (primary N) is 1. The Hall–Kier alpha value is -2.16. The predicted octanol–water partition coefficient (Wildman–Crippen LogP) is 2.84. The average molecular weight is 254 g/mol. The van der Waals surface area contributed by atoms with Gasteiger partial charge in [-0.3, -0.25) is 0 Å². The first kappa shape index (κ1) is 11.9. The molecule has 2 aromatic rings. The first-order valence-corrected chi connectivity index (χ1v) is 6.53. The fourth-order valence-electron chi connectivity index (χ4n) is 2.63. The normalized spacial score (nSPS) is 14.1. The number of ether oxygens (including phenoxy) is 1. The van der Waals surface area contributed by atoms with E-state index >= 15 is 0 Å². The molecule has 3 heteroatoms. The molecule has 19 heavy (non-hydrogen) atoms. The van der Waals surface area contributed by atoms with Gasteiger partial charge in [0.1, 0.15) is 5.75 Å². The zero-order valence-electron chi connectivity index (χ0n) is 11.1. The van der Waals surface area contributed by atoms with Crippen molar-refractivity contribution in [1.82, 2.24) is 0 Å². The zero-order chi connectivity index (χ0) is 13.2. The molecule has 98 valence electrons. The highest BCUT2D eigenvalue weighted by Gasteiger charge is 2.18. The highest BCUT2D eigenvalue weighted by atomic mass is 16.5. The second-order valence-electron chi connectivity index (χ2n) is 4.87. The quantitative estimate of drug-likeness (QED) is 0.837. The van der Waals surface area contributed by atoms with Gasteiger partial charge in [0, 0.05) is 19.2 Å². The van der Waals surface area contributed by atoms with Gasteiger partial charge >= 0.3 is 0 Å². The summed E-state index contributed by atoms with van der Waals surface area (Å²) in [6.07, 6.45) is 1.06. The van der Waals surface area contributed by atoms with E-state index in [1.54, 1.807) is 7.11 Å². The lowest BCUT2D eigenvalue weighted by atomic mass is 9.99. The van der Waals surface area contributed by atoms with E-state index in [1.165, 1.54) is 11.1 Å². The number of benzene rings is 2. The molecule has 2 aromatic carbocycles. The highest BCUT2D eigenvalue weighted by Crippen LogP contribution is 2.31. The van der Waals surface area contributed by atoms with Crippen molar-refractivity contribution in [3.63, 3.8) is 0 Å². The van der Waals surface area contributed by atoms with Crippen LogP contribution in [0.5, 0.6) is 5.75 Å². The van der Waals surface area contributed by atoms with Gasteiger partial charge in [0.05, 0.1) is 18.5 Å². The van der Waals surface area contributed by atoms with Gasteiger partial charge in [0.15, 0.2) is 0 Å². The lowest BCUT2D eigenvalue weighted by Crippen LogP contribution is -2.30. The molecule has 0 aromatic heterocycles. The fourth-order valence-corrected chi connectivity index (χ4v) is 2.63. The Labute approximate surface area is 113 Å². The predicted molar refractivity (Wildman–Crippen MR) is 78.6 cm³/mol. The van der Waals surface area contributed by atoms with Crippen LogP contribution in [0, 0.1) is 0 Å². The number of nitrogen functional groups attached to an aromatic ring is 1. The van der Waals surface area contributed by atoms with Crippen LogP contribution >= 0.6 is 0 Å². The van der Waals surface area contributed by atoms with E-state index in [-0.39, 0.29) is 0 Å². The SMILES string of the molecule is COc1ccc(N)c(N2CCc3ccccc3C2)c1. The summed E-state index contributed by atoms with van der Waals surface area (Å²) in [4.78, 5) is 2.32. The molecule has 0 fully saturated rings. The molecule has 0 aliphatic carbocycles. The Bertz CT molecular complexity index is 595. The first-order valence-electron chi connectivity index (χ1n) is 6.53. The van der Waals surface area contributed by atoms with Crippen molar-refractivity contribution in [2.24, 2.45) is 0 Å². The molecule has 2 N–H and O–H groups in total. The summed E-state index contributed by atoms with van der Waals surface area (Å²) in [5.41, 5.74) is 10.8. The van der Waals surface area contributed by atoms with Gasteiger partial charge in [-0.05, 0) is 29.7 Å². The van der Waals surface area contributed by atoms with Crippen molar-refractivity contribution < 1.29 is 4.74 Å². The number of nitrogens with zero attached hydrogens (tertiary/aromatic N) is 1. The number of anilines is 2. The van der Waals surface area contributed by atoms with Gasteiger partial charge in [-0.1, -0.05) is 24.3 Å². The number of fused-ring (bicyclic) bond motifs is 1. The summed E-state index contributed by atoms with van der Waals surface area (Å²) >= 11 is 0. The van der Waals surface area contributed by atoms with Crippen LogP contribution in [0.15, 0.2) is 42.5 Å². The van der Waals surface area contributed by atoms with Gasteiger partial charge in [0.2, 0.25) is 0 Å². The maximum absolute atomic E-state index is 6.10. The van der Waals surface area contributed by atoms with Crippen LogP contribution in [0.3, 0.4) is 0 Å². The van der Waals surface area contributed by atoms with E-state index in [0.717, 1.165) is 36.6 Å². The van der Waals surface area contributed by atoms with Crippen LogP contribution in [0.4, 0.5) is 11.4 Å². The molecule has 0 unspecified atom stereocenters. The summed E-state index contributed by atoms with van der Waals surface area (Å²) in [6.45, 7) is 1.90. The second-order valence-corrected chi connectivity index (χ2v) is 4.87. The molecule has 0 bridgehead atoms. The van der Waals surface area contributed by atoms with Crippen molar-refractivity contribution in [2.75, 3.05) is 24.3 Å². The minimum atomic E-state index is 0.806. The maximum atomic E-state index is 6.10. The molecule has 0 spiro atoms. The minimum absolute atomic E-state index is 0.806. The molecule has 0 saturated carbocycles. The number of methoxy groups -OCH3 is 1. The van der Waals surface area contributed by atoms with E-state index in [1.807, 2.05) is 18.2 Å². The minimum Gasteiger partial charge on any atom is -0.497 e. The lowest BCUT2D eigenvalue weighted by molar-refractivity contribution is 0.415. The van der Waals surface area contributed by atoms with Crippen LogP contribution in [0.2, 0.25) is 0 Å². The molecular formula is C16H18N2O. The Morgan fingerprint density at radius 3 is 2.68 bits per heavy atom. The number of rotatable bonds is 2. The number of hydrogen-bond acceptors (Lipinski definition) is 3. The molecule has 0 amide bonds. The summed E-state index contributed by atoms with van der Waals surface area (Å²) in [6, 6.07) is 14.4.